The molecule has 20 heavy (non-hydrogen) atoms. The van der Waals surface area contributed by atoms with Crippen LogP contribution >= 0.6 is 23.2 Å². The van der Waals surface area contributed by atoms with Crippen LogP contribution < -0.4 is 5.32 Å². The van der Waals surface area contributed by atoms with Crippen LogP contribution in [0.25, 0.3) is 0 Å². The van der Waals surface area contributed by atoms with E-state index in [1.54, 1.807) is 25.3 Å². The molecule has 2 rings (SSSR count). The first-order chi connectivity index (χ1) is 9.70. The summed E-state index contributed by atoms with van der Waals surface area (Å²) in [6.07, 6.45) is 0.445. The normalized spacial score (nSPS) is 10.9. The van der Waals surface area contributed by atoms with Gasteiger partial charge in [-0.05, 0) is 17.7 Å². The van der Waals surface area contributed by atoms with Crippen molar-refractivity contribution in [2.24, 2.45) is 0 Å². The molecule has 1 aromatic heterocycles. The molecular formula is C13H15Cl2N3O2. The number of hydrogen-bond donors (Lipinski definition) is 1. The van der Waals surface area contributed by atoms with E-state index in [9.17, 15) is 0 Å². The average molecular weight is 316 g/mol. The van der Waals surface area contributed by atoms with Crippen LogP contribution in [0, 0.1) is 0 Å². The second kappa shape index (κ2) is 7.59. The summed E-state index contributed by atoms with van der Waals surface area (Å²) in [4.78, 5) is 4.29. The molecule has 2 aromatic rings. The summed E-state index contributed by atoms with van der Waals surface area (Å²) in [5.74, 6) is 1.09. The molecule has 5 nitrogen and oxygen atoms in total. The van der Waals surface area contributed by atoms with Gasteiger partial charge in [0.05, 0.1) is 13.2 Å². The lowest BCUT2D eigenvalue weighted by molar-refractivity contribution is 0.197. The van der Waals surface area contributed by atoms with Gasteiger partial charge in [-0.3, -0.25) is 0 Å². The predicted octanol–water partition coefficient (Wildman–Crippen LogP) is 2.70. The van der Waals surface area contributed by atoms with Crippen molar-refractivity contribution in [3.05, 3.63) is 45.5 Å². The van der Waals surface area contributed by atoms with Crippen molar-refractivity contribution in [1.82, 2.24) is 15.5 Å². The van der Waals surface area contributed by atoms with E-state index in [-0.39, 0.29) is 0 Å². The molecule has 0 amide bonds. The number of nitrogens with zero attached hydrogens (tertiary/aromatic N) is 2. The summed E-state index contributed by atoms with van der Waals surface area (Å²) in [7, 11) is 1.65. The number of hydrogen-bond acceptors (Lipinski definition) is 5. The maximum atomic E-state index is 6.11. The lowest BCUT2D eigenvalue weighted by atomic mass is 10.1. The Kier molecular flexibility index (Phi) is 5.79. The minimum Gasteiger partial charge on any atom is -0.383 e. The molecule has 1 heterocycles. The first-order valence-electron chi connectivity index (χ1n) is 6.14. The second-order valence-corrected chi connectivity index (χ2v) is 4.97. The second-order valence-electron chi connectivity index (χ2n) is 4.15. The number of aromatic nitrogens is 2. The first-order valence-corrected chi connectivity index (χ1v) is 6.90. The first kappa shape index (κ1) is 15.3. The van der Waals surface area contributed by atoms with Crippen LogP contribution in [0.3, 0.4) is 0 Å². The molecule has 0 unspecified atom stereocenters. The van der Waals surface area contributed by atoms with Crippen LogP contribution in [0.2, 0.25) is 10.0 Å². The highest BCUT2D eigenvalue weighted by atomic mass is 35.5. The number of halogens is 2. The summed E-state index contributed by atoms with van der Waals surface area (Å²) in [6.45, 7) is 1.87. The third-order valence-electron chi connectivity index (χ3n) is 2.67. The molecule has 0 radical (unpaired) electrons. The zero-order valence-electron chi connectivity index (χ0n) is 11.0. The molecule has 7 heteroatoms. The van der Waals surface area contributed by atoms with E-state index in [4.69, 9.17) is 32.5 Å². The van der Waals surface area contributed by atoms with Gasteiger partial charge >= 0.3 is 0 Å². The van der Waals surface area contributed by atoms with Gasteiger partial charge in [0, 0.05) is 30.1 Å². The van der Waals surface area contributed by atoms with E-state index < -0.39 is 0 Å². The Balaban J connectivity index is 1.96. The summed E-state index contributed by atoms with van der Waals surface area (Å²) in [6, 6.07) is 5.38. The highest BCUT2D eigenvalue weighted by molar-refractivity contribution is 6.36. The van der Waals surface area contributed by atoms with Crippen molar-refractivity contribution in [3.8, 4) is 0 Å². The number of methoxy groups -OCH3 is 1. The average Bonchev–Trinajstić information content (AvgIpc) is 2.87. The van der Waals surface area contributed by atoms with E-state index in [2.05, 4.69) is 15.5 Å². The molecule has 0 saturated heterocycles. The smallest absolute Gasteiger partial charge is 0.240 e. The summed E-state index contributed by atoms with van der Waals surface area (Å²) < 4.78 is 10.1. The zero-order chi connectivity index (χ0) is 14.4. The lowest BCUT2D eigenvalue weighted by Gasteiger charge is -2.03. The standard InChI is InChI=1S/C13H15Cl2N3O2/c1-19-6-5-16-8-13-17-12(18-20-13)7-9-10(14)3-2-4-11(9)15/h2-4,16H,5-8H2,1H3. The topological polar surface area (TPSA) is 60.2 Å². The van der Waals surface area contributed by atoms with Gasteiger partial charge in [-0.25, -0.2) is 0 Å². The van der Waals surface area contributed by atoms with E-state index >= 15 is 0 Å². The molecule has 0 bridgehead atoms. The Morgan fingerprint density at radius 1 is 1.30 bits per heavy atom. The third kappa shape index (κ3) is 4.18. The molecule has 1 aromatic carbocycles. The molecule has 108 valence electrons. The van der Waals surface area contributed by atoms with Crippen molar-refractivity contribution in [2.75, 3.05) is 20.3 Å². The predicted molar refractivity (Wildman–Crippen MR) is 77.1 cm³/mol. The van der Waals surface area contributed by atoms with E-state index in [0.717, 1.165) is 12.1 Å². The summed E-state index contributed by atoms with van der Waals surface area (Å²) in [5, 5.41) is 8.25. The maximum absolute atomic E-state index is 6.11. The Morgan fingerprint density at radius 3 is 2.75 bits per heavy atom. The van der Waals surface area contributed by atoms with Gasteiger partial charge in [-0.2, -0.15) is 4.98 Å². The molecule has 0 atom stereocenters. The number of nitrogens with one attached hydrogen (secondary N) is 1. The molecule has 0 aliphatic rings. The van der Waals surface area contributed by atoms with Crippen molar-refractivity contribution in [3.63, 3.8) is 0 Å². The van der Waals surface area contributed by atoms with Gasteiger partial charge < -0.3 is 14.6 Å². The van der Waals surface area contributed by atoms with Crippen molar-refractivity contribution >= 4 is 23.2 Å². The summed E-state index contributed by atoms with van der Waals surface area (Å²) >= 11 is 12.2. The zero-order valence-corrected chi connectivity index (χ0v) is 12.5. The van der Waals surface area contributed by atoms with Crippen LogP contribution in [0.5, 0.6) is 0 Å². The van der Waals surface area contributed by atoms with Crippen LogP contribution in [0.15, 0.2) is 22.7 Å². The van der Waals surface area contributed by atoms with Gasteiger partial charge in [-0.1, -0.05) is 34.4 Å². The minimum atomic E-state index is 0.445. The fourth-order valence-electron chi connectivity index (χ4n) is 1.66. The third-order valence-corrected chi connectivity index (χ3v) is 3.37. The fourth-order valence-corrected chi connectivity index (χ4v) is 2.19. The van der Waals surface area contributed by atoms with E-state index in [0.29, 0.717) is 41.3 Å². The largest absolute Gasteiger partial charge is 0.383 e. The van der Waals surface area contributed by atoms with Crippen molar-refractivity contribution in [2.45, 2.75) is 13.0 Å². The Bertz CT molecular complexity index is 540. The molecule has 0 spiro atoms. The molecule has 0 aliphatic carbocycles. The monoisotopic (exact) mass is 315 g/mol. The summed E-state index contributed by atoms with van der Waals surface area (Å²) in [5.41, 5.74) is 0.801. The fraction of sp³-hybridized carbons (Fsp3) is 0.385. The van der Waals surface area contributed by atoms with Crippen LogP contribution in [0.4, 0.5) is 0 Å². The van der Waals surface area contributed by atoms with Crippen LogP contribution in [-0.2, 0) is 17.7 Å². The SMILES string of the molecule is COCCNCc1nc(Cc2c(Cl)cccc2Cl)no1. The molecule has 0 fully saturated rings. The number of rotatable bonds is 7. The Labute approximate surface area is 127 Å². The van der Waals surface area contributed by atoms with E-state index in [1.807, 2.05) is 0 Å². The highest BCUT2D eigenvalue weighted by Gasteiger charge is 2.11. The van der Waals surface area contributed by atoms with Gasteiger partial charge in [0.25, 0.3) is 0 Å². The highest BCUT2D eigenvalue weighted by Crippen LogP contribution is 2.26. The van der Waals surface area contributed by atoms with Crippen LogP contribution in [0.1, 0.15) is 17.3 Å². The lowest BCUT2D eigenvalue weighted by Crippen LogP contribution is -2.18. The molecule has 0 aliphatic heterocycles. The van der Waals surface area contributed by atoms with Crippen molar-refractivity contribution < 1.29 is 9.26 Å². The van der Waals surface area contributed by atoms with Gasteiger partial charge in [-0.15, -0.1) is 0 Å². The molecular weight excluding hydrogens is 301 g/mol. The molecule has 1 N–H and O–H groups in total. The van der Waals surface area contributed by atoms with E-state index in [1.165, 1.54) is 0 Å². The van der Waals surface area contributed by atoms with Crippen LogP contribution in [-0.4, -0.2) is 30.4 Å². The number of benzene rings is 1. The van der Waals surface area contributed by atoms with Gasteiger partial charge in [0.15, 0.2) is 5.82 Å². The van der Waals surface area contributed by atoms with Gasteiger partial charge in [0.2, 0.25) is 5.89 Å². The molecule has 0 saturated carbocycles. The quantitative estimate of drug-likeness (QED) is 0.796. The van der Waals surface area contributed by atoms with Gasteiger partial charge in [0.1, 0.15) is 0 Å². The minimum absolute atomic E-state index is 0.445. The Hall–Kier alpha value is -1.14. The number of ether oxygens (including phenoxy) is 1. The van der Waals surface area contributed by atoms with Crippen molar-refractivity contribution in [1.29, 1.82) is 0 Å². The Morgan fingerprint density at radius 2 is 2.05 bits per heavy atom. The maximum Gasteiger partial charge on any atom is 0.240 e.